The van der Waals surface area contributed by atoms with Crippen molar-refractivity contribution in [1.29, 1.82) is 0 Å². The molecule has 0 aliphatic carbocycles. The van der Waals surface area contributed by atoms with Crippen LogP contribution in [0.4, 0.5) is 0 Å². The Balaban J connectivity index is 1.47. The molecule has 4 aromatic rings. The van der Waals surface area contributed by atoms with Crippen molar-refractivity contribution in [3.8, 4) is 11.5 Å². The normalized spacial score (nSPS) is 11.0. The number of carbonyl (C=O) groups is 1. The summed E-state index contributed by atoms with van der Waals surface area (Å²) < 4.78 is 7.90. The molecule has 0 bridgehead atoms. The average Bonchev–Trinajstić information content (AvgIpc) is 3.31. The third kappa shape index (κ3) is 3.60. The molecule has 0 aliphatic rings. The summed E-state index contributed by atoms with van der Waals surface area (Å²) in [5.41, 5.74) is 2.60. The van der Waals surface area contributed by atoms with Crippen LogP contribution in [-0.4, -0.2) is 27.0 Å². The maximum Gasteiger partial charge on any atom is 0.253 e. The zero-order chi connectivity index (χ0) is 18.6. The Hall–Kier alpha value is -3.41. The van der Waals surface area contributed by atoms with E-state index in [4.69, 9.17) is 4.42 Å². The number of hydrogen-bond donors (Lipinski definition) is 1. The summed E-state index contributed by atoms with van der Waals surface area (Å²) in [6.45, 7) is 3.36. The molecule has 0 saturated carbocycles. The van der Waals surface area contributed by atoms with Crippen LogP contribution in [0.1, 0.15) is 22.6 Å². The molecule has 0 fully saturated rings. The van der Waals surface area contributed by atoms with Crippen LogP contribution in [0.2, 0.25) is 0 Å². The number of hydrogen-bond acceptors (Lipinski definition) is 4. The van der Waals surface area contributed by atoms with E-state index in [0.29, 0.717) is 29.1 Å². The van der Waals surface area contributed by atoms with Crippen LogP contribution in [0.5, 0.6) is 0 Å². The van der Waals surface area contributed by atoms with Gasteiger partial charge in [-0.25, -0.2) is 9.97 Å². The second-order valence-corrected chi connectivity index (χ2v) is 6.31. The molecular formula is C21H20N4O2. The highest BCUT2D eigenvalue weighted by atomic mass is 16.3. The largest absolute Gasteiger partial charge is 0.436 e. The molecule has 6 heteroatoms. The topological polar surface area (TPSA) is 73.0 Å². The van der Waals surface area contributed by atoms with E-state index in [2.05, 4.69) is 19.9 Å². The van der Waals surface area contributed by atoms with Gasteiger partial charge in [0.2, 0.25) is 5.89 Å². The quantitative estimate of drug-likeness (QED) is 0.531. The lowest BCUT2D eigenvalue weighted by Crippen LogP contribution is -2.25. The van der Waals surface area contributed by atoms with Crippen molar-refractivity contribution < 1.29 is 9.21 Å². The summed E-state index contributed by atoms with van der Waals surface area (Å²) in [6, 6.07) is 15.1. The van der Waals surface area contributed by atoms with Crippen LogP contribution in [-0.2, 0) is 6.54 Å². The van der Waals surface area contributed by atoms with Gasteiger partial charge >= 0.3 is 0 Å². The van der Waals surface area contributed by atoms with Gasteiger partial charge in [-0.15, -0.1) is 0 Å². The van der Waals surface area contributed by atoms with Crippen LogP contribution in [0.15, 0.2) is 65.3 Å². The predicted octanol–water partition coefficient (Wildman–Crippen LogP) is 3.82. The molecule has 0 aliphatic heterocycles. The maximum atomic E-state index is 12.6. The molecule has 2 heterocycles. The maximum absolute atomic E-state index is 12.6. The van der Waals surface area contributed by atoms with Gasteiger partial charge in [-0.3, -0.25) is 4.79 Å². The lowest BCUT2D eigenvalue weighted by molar-refractivity contribution is 0.0954. The fourth-order valence-corrected chi connectivity index (χ4v) is 3.02. The minimum Gasteiger partial charge on any atom is -0.436 e. The van der Waals surface area contributed by atoms with Crippen LogP contribution in [0.25, 0.3) is 22.6 Å². The summed E-state index contributed by atoms with van der Waals surface area (Å²) in [5, 5.41) is 2.97. The Morgan fingerprint density at radius 1 is 1.15 bits per heavy atom. The monoisotopic (exact) mass is 360 g/mol. The lowest BCUT2D eigenvalue weighted by Gasteiger charge is -2.07. The summed E-state index contributed by atoms with van der Waals surface area (Å²) in [5.74, 6) is 1.35. The molecule has 1 N–H and O–H groups in total. The highest BCUT2D eigenvalue weighted by Crippen LogP contribution is 2.26. The van der Waals surface area contributed by atoms with Crippen LogP contribution in [0.3, 0.4) is 0 Å². The molecule has 136 valence electrons. The summed E-state index contributed by atoms with van der Waals surface area (Å²) in [7, 11) is 0. The number of amides is 1. The minimum atomic E-state index is -0.143. The van der Waals surface area contributed by atoms with E-state index in [0.717, 1.165) is 24.4 Å². The standard InChI is InChI=1S/C21H20N4O2/c1-15-22-12-14-25(15)13-6-11-23-20(26)17-9-5-10-18-19(17)24-21(27-18)16-7-3-2-4-8-16/h2-5,7-10,12,14H,6,11,13H2,1H3,(H,23,26). The first-order chi connectivity index (χ1) is 13.2. The Kier molecular flexibility index (Phi) is 4.70. The third-order valence-corrected chi connectivity index (χ3v) is 4.47. The van der Waals surface area contributed by atoms with Crippen molar-refractivity contribution in [2.45, 2.75) is 19.9 Å². The van der Waals surface area contributed by atoms with Crippen molar-refractivity contribution in [2.24, 2.45) is 0 Å². The number of nitrogens with zero attached hydrogens (tertiary/aromatic N) is 3. The second kappa shape index (κ2) is 7.45. The van der Waals surface area contributed by atoms with Gasteiger partial charge < -0.3 is 14.3 Å². The molecule has 2 aromatic carbocycles. The third-order valence-electron chi connectivity index (χ3n) is 4.47. The van der Waals surface area contributed by atoms with Gasteiger partial charge in [0.15, 0.2) is 5.58 Å². The van der Waals surface area contributed by atoms with Crippen molar-refractivity contribution in [3.63, 3.8) is 0 Å². The van der Waals surface area contributed by atoms with Crippen molar-refractivity contribution in [1.82, 2.24) is 19.9 Å². The van der Waals surface area contributed by atoms with Crippen molar-refractivity contribution in [2.75, 3.05) is 6.54 Å². The van der Waals surface area contributed by atoms with Crippen LogP contribution >= 0.6 is 0 Å². The van der Waals surface area contributed by atoms with Gasteiger partial charge in [0, 0.05) is 31.0 Å². The number of aryl methyl sites for hydroxylation is 2. The highest BCUT2D eigenvalue weighted by molar-refractivity contribution is 6.04. The first kappa shape index (κ1) is 17.0. The predicted molar refractivity (Wildman–Crippen MR) is 103 cm³/mol. The van der Waals surface area contributed by atoms with Crippen molar-refractivity contribution >= 4 is 17.0 Å². The number of imidazole rings is 1. The zero-order valence-corrected chi connectivity index (χ0v) is 15.1. The highest BCUT2D eigenvalue weighted by Gasteiger charge is 2.15. The van der Waals surface area contributed by atoms with E-state index < -0.39 is 0 Å². The van der Waals surface area contributed by atoms with E-state index in [9.17, 15) is 4.79 Å². The fourth-order valence-electron chi connectivity index (χ4n) is 3.02. The van der Waals surface area contributed by atoms with Gasteiger partial charge in [-0.1, -0.05) is 24.3 Å². The first-order valence-corrected chi connectivity index (χ1v) is 8.93. The van der Waals surface area contributed by atoms with Crippen molar-refractivity contribution in [3.05, 3.63) is 72.3 Å². The summed E-state index contributed by atoms with van der Waals surface area (Å²) in [4.78, 5) is 21.4. The molecule has 0 atom stereocenters. The molecular weight excluding hydrogens is 340 g/mol. The number of nitrogens with one attached hydrogen (secondary N) is 1. The Morgan fingerprint density at radius 2 is 2.00 bits per heavy atom. The van der Waals surface area contributed by atoms with E-state index >= 15 is 0 Å². The molecule has 1 amide bonds. The fraction of sp³-hybridized carbons (Fsp3) is 0.190. The number of aromatic nitrogens is 3. The summed E-state index contributed by atoms with van der Waals surface area (Å²) >= 11 is 0. The number of carbonyl (C=O) groups excluding carboxylic acids is 1. The number of fused-ring (bicyclic) bond motifs is 1. The van der Waals surface area contributed by atoms with Gasteiger partial charge in [0.1, 0.15) is 11.3 Å². The zero-order valence-electron chi connectivity index (χ0n) is 15.1. The Bertz CT molecular complexity index is 1070. The van der Waals surface area contributed by atoms with Gasteiger partial charge in [-0.05, 0) is 37.6 Å². The Morgan fingerprint density at radius 3 is 2.78 bits per heavy atom. The molecule has 0 unspecified atom stereocenters. The molecule has 4 rings (SSSR count). The average molecular weight is 360 g/mol. The second-order valence-electron chi connectivity index (χ2n) is 6.31. The SMILES string of the molecule is Cc1nccn1CCCNC(=O)c1cccc2oc(-c3ccccc3)nc12. The molecule has 0 radical (unpaired) electrons. The van der Waals surface area contributed by atoms with E-state index in [1.54, 1.807) is 12.3 Å². The van der Waals surface area contributed by atoms with E-state index in [1.165, 1.54) is 0 Å². The first-order valence-electron chi connectivity index (χ1n) is 8.93. The smallest absolute Gasteiger partial charge is 0.253 e. The van der Waals surface area contributed by atoms with E-state index in [1.807, 2.05) is 55.6 Å². The molecule has 6 nitrogen and oxygen atoms in total. The summed E-state index contributed by atoms with van der Waals surface area (Å²) in [6.07, 6.45) is 4.55. The van der Waals surface area contributed by atoms with Crippen LogP contribution < -0.4 is 5.32 Å². The molecule has 0 saturated heterocycles. The van der Waals surface area contributed by atoms with E-state index in [-0.39, 0.29) is 5.91 Å². The van der Waals surface area contributed by atoms with Gasteiger partial charge in [0.25, 0.3) is 5.91 Å². The molecule has 0 spiro atoms. The van der Waals surface area contributed by atoms with Gasteiger partial charge in [0.05, 0.1) is 5.56 Å². The molecule has 2 aromatic heterocycles. The number of rotatable bonds is 6. The van der Waals surface area contributed by atoms with Crippen LogP contribution in [0, 0.1) is 6.92 Å². The minimum absolute atomic E-state index is 0.143. The lowest BCUT2D eigenvalue weighted by atomic mass is 10.1. The number of benzene rings is 2. The number of oxazole rings is 1. The molecule has 27 heavy (non-hydrogen) atoms. The van der Waals surface area contributed by atoms with Gasteiger partial charge in [-0.2, -0.15) is 0 Å². The number of para-hydroxylation sites is 1. The Labute approximate surface area is 156 Å².